The molecule has 0 saturated heterocycles. The monoisotopic (exact) mass is 453 g/mol. The van der Waals surface area contributed by atoms with Crippen LogP contribution in [0, 0.1) is 17.3 Å². The van der Waals surface area contributed by atoms with Crippen LogP contribution in [0.5, 0.6) is 0 Å². The van der Waals surface area contributed by atoms with Crippen molar-refractivity contribution in [2.24, 2.45) is 17.3 Å². The molecular formula is C27H39N3OS. The summed E-state index contributed by atoms with van der Waals surface area (Å²) in [6, 6.07) is 17.6. The molecular weight excluding hydrogens is 414 g/mol. The van der Waals surface area contributed by atoms with Crippen molar-refractivity contribution in [3.63, 3.8) is 0 Å². The van der Waals surface area contributed by atoms with Gasteiger partial charge < -0.3 is 5.11 Å². The largest absolute Gasteiger partial charge is 0.386 e. The van der Waals surface area contributed by atoms with Gasteiger partial charge in [-0.15, -0.1) is 22.8 Å². The zero-order chi connectivity index (χ0) is 24.3. The summed E-state index contributed by atoms with van der Waals surface area (Å²) in [6.07, 6.45) is 3.20. The van der Waals surface area contributed by atoms with Gasteiger partial charge in [-0.05, 0) is 36.5 Å². The summed E-state index contributed by atoms with van der Waals surface area (Å²) in [5.74, 6) is 0.763. The van der Waals surface area contributed by atoms with E-state index in [1.807, 2.05) is 73.7 Å². The maximum Gasteiger partial charge on any atom is 0.114 e. The van der Waals surface area contributed by atoms with E-state index in [4.69, 9.17) is 0 Å². The lowest BCUT2D eigenvalue weighted by Crippen LogP contribution is -2.33. The van der Waals surface area contributed by atoms with E-state index in [0.717, 1.165) is 21.8 Å². The Balaban J connectivity index is 0.000000422. The SMILES string of the molecule is C=C(C(O)C(/C=C/C)C(C)(C)C)n1nc2ccc(S)cc2n1.CC(C)C.c1ccccc1. The van der Waals surface area contributed by atoms with Crippen LogP contribution in [0.25, 0.3) is 16.7 Å². The van der Waals surface area contributed by atoms with Gasteiger partial charge in [0.15, 0.2) is 0 Å². The van der Waals surface area contributed by atoms with E-state index >= 15 is 0 Å². The number of rotatable bonds is 4. The van der Waals surface area contributed by atoms with Crippen LogP contribution in [0.15, 0.2) is 78.2 Å². The molecule has 174 valence electrons. The van der Waals surface area contributed by atoms with Gasteiger partial charge in [-0.3, -0.25) is 0 Å². The molecule has 4 nitrogen and oxygen atoms in total. The van der Waals surface area contributed by atoms with Crippen LogP contribution in [0.4, 0.5) is 0 Å². The minimum absolute atomic E-state index is 0.0699. The third-order valence-corrected chi connectivity index (χ3v) is 4.65. The molecule has 1 heterocycles. The zero-order valence-corrected chi connectivity index (χ0v) is 21.4. The predicted octanol–water partition coefficient (Wildman–Crippen LogP) is 7.14. The van der Waals surface area contributed by atoms with E-state index in [2.05, 4.69) is 70.9 Å². The first-order chi connectivity index (χ1) is 15.0. The molecule has 2 atom stereocenters. The van der Waals surface area contributed by atoms with Crippen molar-refractivity contribution in [3.05, 3.63) is 73.3 Å². The number of aromatic nitrogens is 3. The average molecular weight is 454 g/mol. The molecule has 0 aliphatic rings. The van der Waals surface area contributed by atoms with E-state index < -0.39 is 6.10 Å². The van der Waals surface area contributed by atoms with E-state index in [9.17, 15) is 5.11 Å². The second kappa shape index (κ2) is 13.2. The molecule has 0 bridgehead atoms. The molecule has 1 aromatic heterocycles. The van der Waals surface area contributed by atoms with Gasteiger partial charge in [-0.2, -0.15) is 4.80 Å². The summed E-state index contributed by atoms with van der Waals surface area (Å²) in [4.78, 5) is 2.25. The van der Waals surface area contributed by atoms with Crippen LogP contribution in [0.3, 0.4) is 0 Å². The number of hydrogen-bond donors (Lipinski definition) is 2. The molecule has 0 saturated carbocycles. The molecule has 3 aromatic rings. The fourth-order valence-corrected chi connectivity index (χ4v) is 3.01. The quantitative estimate of drug-likeness (QED) is 0.326. The van der Waals surface area contributed by atoms with Gasteiger partial charge in [-0.1, -0.05) is 96.7 Å². The van der Waals surface area contributed by atoms with E-state index in [-0.39, 0.29) is 11.3 Å². The molecule has 0 spiro atoms. The number of benzene rings is 2. The molecule has 0 aliphatic carbocycles. The van der Waals surface area contributed by atoms with Gasteiger partial charge >= 0.3 is 0 Å². The van der Waals surface area contributed by atoms with E-state index in [1.54, 1.807) is 0 Å². The highest BCUT2D eigenvalue weighted by molar-refractivity contribution is 7.80. The number of aliphatic hydroxyl groups excluding tert-OH is 1. The fourth-order valence-electron chi connectivity index (χ4n) is 2.82. The molecule has 5 heteroatoms. The molecule has 2 unspecified atom stereocenters. The Hall–Kier alpha value is -2.37. The molecule has 0 radical (unpaired) electrons. The van der Waals surface area contributed by atoms with Crippen molar-refractivity contribution in [1.82, 2.24) is 15.0 Å². The summed E-state index contributed by atoms with van der Waals surface area (Å²) in [5.41, 5.74) is 1.86. The maximum atomic E-state index is 10.7. The van der Waals surface area contributed by atoms with Crippen molar-refractivity contribution in [1.29, 1.82) is 0 Å². The number of hydrogen-bond acceptors (Lipinski definition) is 4. The summed E-state index contributed by atoms with van der Waals surface area (Å²) in [6.45, 7) is 18.7. The summed E-state index contributed by atoms with van der Waals surface area (Å²) in [7, 11) is 0. The highest BCUT2D eigenvalue weighted by atomic mass is 32.1. The molecule has 0 amide bonds. The van der Waals surface area contributed by atoms with E-state index in [0.29, 0.717) is 5.70 Å². The van der Waals surface area contributed by atoms with Crippen LogP contribution in [0.1, 0.15) is 48.5 Å². The first kappa shape index (κ1) is 27.7. The number of allylic oxidation sites excluding steroid dienone is 1. The Kier molecular flexibility index (Phi) is 11.4. The number of aliphatic hydroxyl groups is 1. The van der Waals surface area contributed by atoms with Crippen LogP contribution in [-0.2, 0) is 0 Å². The molecule has 0 aliphatic heterocycles. The third-order valence-electron chi connectivity index (χ3n) is 4.37. The minimum atomic E-state index is -0.756. The lowest BCUT2D eigenvalue weighted by molar-refractivity contribution is 0.110. The second-order valence-electron chi connectivity index (χ2n) is 9.40. The van der Waals surface area contributed by atoms with Crippen LogP contribution >= 0.6 is 12.6 Å². The first-order valence-electron chi connectivity index (χ1n) is 11.0. The fraction of sp³-hybridized carbons (Fsp3) is 0.407. The number of thiol groups is 1. The smallest absolute Gasteiger partial charge is 0.114 e. The molecule has 1 N–H and O–H groups in total. The highest BCUT2D eigenvalue weighted by Crippen LogP contribution is 2.33. The van der Waals surface area contributed by atoms with Crippen LogP contribution < -0.4 is 0 Å². The lowest BCUT2D eigenvalue weighted by atomic mass is 9.76. The second-order valence-corrected chi connectivity index (χ2v) is 9.92. The van der Waals surface area contributed by atoms with Gasteiger partial charge in [-0.25, -0.2) is 0 Å². The Morgan fingerprint density at radius 3 is 1.91 bits per heavy atom. The molecule has 3 rings (SSSR count). The topological polar surface area (TPSA) is 50.9 Å². The van der Waals surface area contributed by atoms with Gasteiger partial charge in [0.05, 0.1) is 5.70 Å². The highest BCUT2D eigenvalue weighted by Gasteiger charge is 2.31. The van der Waals surface area contributed by atoms with Gasteiger partial charge in [0.25, 0.3) is 0 Å². The van der Waals surface area contributed by atoms with Gasteiger partial charge in [0.1, 0.15) is 17.1 Å². The summed E-state index contributed by atoms with van der Waals surface area (Å²) < 4.78 is 0. The van der Waals surface area contributed by atoms with Crippen LogP contribution in [0.2, 0.25) is 0 Å². The standard InChI is InChI=1S/C17H23N3OS.C6H6.C4H10/c1-6-7-13(17(3,4)5)16(21)11(2)20-18-14-9-8-12(22)10-15(14)19-20;1-2-4-6-5-3-1;1-4(2)3/h6-10,13,16,21-22H,2H2,1,3-5H3;1-6H;4H,1-3H3/b7-6+;;. The Bertz CT molecular complexity index is 942. The Labute approximate surface area is 199 Å². The summed E-state index contributed by atoms with van der Waals surface area (Å²) >= 11 is 4.30. The van der Waals surface area contributed by atoms with Crippen LogP contribution in [-0.4, -0.2) is 26.2 Å². The van der Waals surface area contributed by atoms with Crippen molar-refractivity contribution < 1.29 is 5.11 Å². The predicted molar refractivity (Wildman–Crippen MR) is 141 cm³/mol. The minimum Gasteiger partial charge on any atom is -0.386 e. The van der Waals surface area contributed by atoms with Crippen molar-refractivity contribution in [3.8, 4) is 0 Å². The Morgan fingerprint density at radius 1 is 1.00 bits per heavy atom. The zero-order valence-electron chi connectivity index (χ0n) is 20.5. The van der Waals surface area contributed by atoms with Gasteiger partial charge in [0, 0.05) is 10.8 Å². The number of nitrogens with zero attached hydrogens (tertiary/aromatic N) is 3. The maximum absolute atomic E-state index is 10.7. The van der Waals surface area contributed by atoms with Crippen molar-refractivity contribution >= 4 is 29.4 Å². The van der Waals surface area contributed by atoms with Crippen molar-refractivity contribution in [2.75, 3.05) is 0 Å². The average Bonchev–Trinajstić information content (AvgIpc) is 3.14. The van der Waals surface area contributed by atoms with E-state index in [1.165, 1.54) is 4.80 Å². The van der Waals surface area contributed by atoms with Gasteiger partial charge in [0.2, 0.25) is 0 Å². The van der Waals surface area contributed by atoms with Crippen molar-refractivity contribution in [2.45, 2.75) is 59.5 Å². The number of fused-ring (bicyclic) bond motifs is 1. The third kappa shape index (κ3) is 9.41. The normalized spacial score (nSPS) is 13.2. The molecule has 32 heavy (non-hydrogen) atoms. The summed E-state index contributed by atoms with van der Waals surface area (Å²) in [5, 5.41) is 19.5. The first-order valence-corrected chi connectivity index (χ1v) is 11.5. The molecule has 2 aromatic carbocycles. The Morgan fingerprint density at radius 2 is 1.47 bits per heavy atom. The molecule has 0 fully saturated rings. The lowest BCUT2D eigenvalue weighted by Gasteiger charge is -2.32.